The van der Waals surface area contributed by atoms with Crippen molar-refractivity contribution < 1.29 is 23.9 Å². The molecule has 0 spiro atoms. The van der Waals surface area contributed by atoms with Crippen LogP contribution in [0.15, 0.2) is 23.2 Å². The van der Waals surface area contributed by atoms with E-state index in [1.807, 2.05) is 30.0 Å². The first-order chi connectivity index (χ1) is 15.8. The van der Waals surface area contributed by atoms with Gasteiger partial charge >= 0.3 is 5.97 Å². The number of rotatable bonds is 8. The summed E-state index contributed by atoms with van der Waals surface area (Å²) in [5.41, 5.74) is 0.775. The van der Waals surface area contributed by atoms with Gasteiger partial charge in [0.2, 0.25) is 5.91 Å². The van der Waals surface area contributed by atoms with Gasteiger partial charge in [0.05, 0.1) is 35.4 Å². The first kappa shape index (κ1) is 25.3. The second kappa shape index (κ2) is 11.7. The number of carbonyl (C=O) groups is 3. The Hall–Kier alpha value is -2.33. The van der Waals surface area contributed by atoms with Crippen molar-refractivity contribution in [2.45, 2.75) is 33.7 Å². The molecule has 10 heteroatoms. The van der Waals surface area contributed by atoms with Crippen LogP contribution in [-0.2, 0) is 25.7 Å². The van der Waals surface area contributed by atoms with E-state index in [1.54, 1.807) is 4.57 Å². The quantitative estimate of drug-likeness (QED) is 0.525. The molecule has 8 nitrogen and oxygen atoms in total. The van der Waals surface area contributed by atoms with E-state index in [1.165, 1.54) is 30.2 Å². The summed E-state index contributed by atoms with van der Waals surface area (Å²) in [6, 6.07) is 5.54. The van der Waals surface area contributed by atoms with Gasteiger partial charge in [0.1, 0.15) is 12.3 Å². The van der Waals surface area contributed by atoms with E-state index < -0.39 is 5.97 Å². The fourth-order valence-electron chi connectivity index (χ4n) is 4.06. The van der Waals surface area contributed by atoms with Crippen molar-refractivity contribution >= 4 is 51.1 Å². The number of hydrogen-bond donors (Lipinski definition) is 0. The van der Waals surface area contributed by atoms with Gasteiger partial charge in [0.25, 0.3) is 5.91 Å². The number of nitrogens with zero attached hydrogens (tertiary/aromatic N) is 3. The van der Waals surface area contributed by atoms with Gasteiger partial charge < -0.3 is 18.9 Å². The number of esters is 1. The SMILES string of the molecule is CCOc1ccc2c(c1)sc(=NC(=O)CSCC(=O)N1CC(C)CC(C)C1)n2CC(=O)OC. The van der Waals surface area contributed by atoms with Crippen LogP contribution in [0.1, 0.15) is 27.2 Å². The summed E-state index contributed by atoms with van der Waals surface area (Å²) in [5.74, 6) is 1.36. The van der Waals surface area contributed by atoms with Crippen LogP contribution >= 0.6 is 23.1 Å². The lowest BCUT2D eigenvalue weighted by Gasteiger charge is -2.35. The minimum Gasteiger partial charge on any atom is -0.494 e. The van der Waals surface area contributed by atoms with Crippen LogP contribution in [0.4, 0.5) is 0 Å². The predicted molar refractivity (Wildman–Crippen MR) is 130 cm³/mol. The monoisotopic (exact) mass is 493 g/mol. The number of likely N-dealkylation sites (tertiary alicyclic amines) is 1. The van der Waals surface area contributed by atoms with E-state index in [9.17, 15) is 14.4 Å². The highest BCUT2D eigenvalue weighted by Crippen LogP contribution is 2.24. The van der Waals surface area contributed by atoms with E-state index in [0.29, 0.717) is 29.0 Å². The molecule has 1 aliphatic rings. The van der Waals surface area contributed by atoms with Gasteiger partial charge in [-0.15, -0.1) is 11.8 Å². The summed E-state index contributed by atoms with van der Waals surface area (Å²) in [6.45, 7) is 8.29. The van der Waals surface area contributed by atoms with Crippen molar-refractivity contribution in [3.8, 4) is 5.75 Å². The number of fused-ring (bicyclic) bond motifs is 1. The van der Waals surface area contributed by atoms with Crippen molar-refractivity contribution in [2.24, 2.45) is 16.8 Å². The maximum absolute atomic E-state index is 12.6. The lowest BCUT2D eigenvalue weighted by molar-refractivity contribution is -0.141. The Morgan fingerprint density at radius 2 is 1.91 bits per heavy atom. The third kappa shape index (κ3) is 6.83. The van der Waals surface area contributed by atoms with Gasteiger partial charge in [0, 0.05) is 13.1 Å². The minimum absolute atomic E-state index is 0.0481. The van der Waals surface area contributed by atoms with Gasteiger partial charge in [-0.3, -0.25) is 14.4 Å². The highest BCUT2D eigenvalue weighted by atomic mass is 32.2. The van der Waals surface area contributed by atoms with E-state index in [-0.39, 0.29) is 29.9 Å². The third-order valence-corrected chi connectivity index (χ3v) is 7.32. The normalized spacial score (nSPS) is 19.0. The molecule has 1 aliphatic heterocycles. The Bertz CT molecular complexity index is 1070. The first-order valence-corrected chi connectivity index (χ1v) is 13.0. The van der Waals surface area contributed by atoms with Gasteiger partial charge in [-0.2, -0.15) is 4.99 Å². The fraction of sp³-hybridized carbons (Fsp3) is 0.565. The molecule has 1 aromatic heterocycles. The number of piperidine rings is 1. The summed E-state index contributed by atoms with van der Waals surface area (Å²) < 4.78 is 12.9. The van der Waals surface area contributed by atoms with Gasteiger partial charge in [-0.1, -0.05) is 25.2 Å². The number of amides is 2. The zero-order chi connectivity index (χ0) is 24.0. The molecule has 2 aromatic rings. The Morgan fingerprint density at radius 1 is 1.18 bits per heavy atom. The van der Waals surface area contributed by atoms with Crippen LogP contribution in [-0.4, -0.2) is 65.6 Å². The zero-order valence-corrected chi connectivity index (χ0v) is 21.2. The maximum atomic E-state index is 12.6. The Kier molecular flexibility index (Phi) is 8.96. The molecule has 0 aliphatic carbocycles. The van der Waals surface area contributed by atoms with Crippen molar-refractivity contribution in [3.05, 3.63) is 23.0 Å². The van der Waals surface area contributed by atoms with E-state index >= 15 is 0 Å². The third-order valence-electron chi connectivity index (χ3n) is 5.37. The number of aromatic nitrogens is 1. The largest absolute Gasteiger partial charge is 0.494 e. The lowest BCUT2D eigenvalue weighted by Crippen LogP contribution is -2.43. The van der Waals surface area contributed by atoms with Crippen LogP contribution in [0.3, 0.4) is 0 Å². The molecule has 2 heterocycles. The Balaban J connectivity index is 1.71. The molecule has 180 valence electrons. The number of ether oxygens (including phenoxy) is 2. The van der Waals surface area contributed by atoms with E-state index in [0.717, 1.165) is 29.7 Å². The molecule has 0 saturated carbocycles. The molecule has 2 amide bonds. The van der Waals surface area contributed by atoms with Gasteiger partial charge in [-0.05, 0) is 43.4 Å². The Morgan fingerprint density at radius 3 is 2.58 bits per heavy atom. The van der Waals surface area contributed by atoms with Crippen molar-refractivity contribution in [2.75, 3.05) is 38.3 Å². The molecule has 0 N–H and O–H groups in total. The molecular weight excluding hydrogens is 462 g/mol. The van der Waals surface area contributed by atoms with Crippen LogP contribution < -0.4 is 9.54 Å². The zero-order valence-electron chi connectivity index (χ0n) is 19.5. The summed E-state index contributed by atoms with van der Waals surface area (Å²) in [4.78, 5) is 43.6. The van der Waals surface area contributed by atoms with Gasteiger partial charge in [0.15, 0.2) is 4.80 Å². The predicted octanol–water partition coefficient (Wildman–Crippen LogP) is 2.94. The first-order valence-electron chi connectivity index (χ1n) is 11.1. The molecule has 0 bridgehead atoms. The van der Waals surface area contributed by atoms with Gasteiger partial charge in [-0.25, -0.2) is 0 Å². The number of methoxy groups -OCH3 is 1. The van der Waals surface area contributed by atoms with Crippen molar-refractivity contribution in [1.82, 2.24) is 9.47 Å². The maximum Gasteiger partial charge on any atom is 0.325 e. The number of benzene rings is 1. The molecule has 2 unspecified atom stereocenters. The summed E-state index contributed by atoms with van der Waals surface area (Å²) in [7, 11) is 1.32. The van der Waals surface area contributed by atoms with Crippen LogP contribution in [0, 0.1) is 11.8 Å². The topological polar surface area (TPSA) is 90.2 Å². The average molecular weight is 494 g/mol. The highest BCUT2D eigenvalue weighted by molar-refractivity contribution is 8.00. The summed E-state index contributed by atoms with van der Waals surface area (Å²) in [5, 5.41) is 0. The van der Waals surface area contributed by atoms with E-state index in [4.69, 9.17) is 9.47 Å². The Labute approximate surface area is 202 Å². The number of thioether (sulfide) groups is 1. The standard InChI is InChI=1S/C23H31N3O5S2/c1-5-31-17-6-7-18-19(9-17)33-23(26(18)12-22(29)30-4)24-20(27)13-32-14-21(28)25-10-15(2)8-16(3)11-25/h6-7,9,15-16H,5,8,10-14H2,1-4H3. The van der Waals surface area contributed by atoms with Crippen LogP contribution in [0.5, 0.6) is 5.75 Å². The molecule has 3 rings (SSSR count). The lowest BCUT2D eigenvalue weighted by atomic mass is 9.92. The van der Waals surface area contributed by atoms with Crippen LogP contribution in [0.2, 0.25) is 0 Å². The molecule has 1 aromatic carbocycles. The molecule has 1 fully saturated rings. The number of carbonyl (C=O) groups excluding carboxylic acids is 3. The second-order valence-corrected chi connectivity index (χ2v) is 10.3. The fourth-order valence-corrected chi connectivity index (χ4v) is 5.84. The second-order valence-electron chi connectivity index (χ2n) is 8.35. The van der Waals surface area contributed by atoms with Crippen molar-refractivity contribution in [3.63, 3.8) is 0 Å². The summed E-state index contributed by atoms with van der Waals surface area (Å²) >= 11 is 2.59. The smallest absolute Gasteiger partial charge is 0.325 e. The van der Waals surface area contributed by atoms with E-state index in [2.05, 4.69) is 18.8 Å². The number of thiazole rings is 1. The highest BCUT2D eigenvalue weighted by Gasteiger charge is 2.25. The van der Waals surface area contributed by atoms with Crippen molar-refractivity contribution in [1.29, 1.82) is 0 Å². The summed E-state index contributed by atoms with van der Waals surface area (Å²) in [6.07, 6.45) is 1.14. The molecular formula is C23H31N3O5S2. The number of hydrogen-bond acceptors (Lipinski definition) is 7. The molecule has 0 radical (unpaired) electrons. The molecule has 2 atom stereocenters. The minimum atomic E-state index is -0.428. The molecule has 33 heavy (non-hydrogen) atoms. The average Bonchev–Trinajstić information content (AvgIpc) is 3.09. The van der Waals surface area contributed by atoms with Crippen LogP contribution in [0.25, 0.3) is 10.2 Å². The molecule has 1 saturated heterocycles.